The van der Waals surface area contributed by atoms with Crippen molar-refractivity contribution in [1.82, 2.24) is 5.32 Å². The SMILES string of the molecule is COC[C@H](C)NCc1cc(=O)oc2cc(OC)ccc12. The van der Waals surface area contributed by atoms with E-state index in [2.05, 4.69) is 5.32 Å². The second-order valence-electron chi connectivity index (χ2n) is 4.69. The second kappa shape index (κ2) is 6.54. The van der Waals surface area contributed by atoms with Crippen LogP contribution in [-0.2, 0) is 11.3 Å². The van der Waals surface area contributed by atoms with Crippen LogP contribution >= 0.6 is 0 Å². The lowest BCUT2D eigenvalue weighted by Gasteiger charge is -2.13. The van der Waals surface area contributed by atoms with Crippen molar-refractivity contribution in [3.8, 4) is 5.75 Å². The summed E-state index contributed by atoms with van der Waals surface area (Å²) in [4.78, 5) is 11.6. The zero-order valence-corrected chi connectivity index (χ0v) is 11.9. The molecule has 1 aromatic heterocycles. The maximum atomic E-state index is 11.6. The molecule has 0 bridgehead atoms. The molecule has 1 aromatic carbocycles. The molecule has 0 saturated carbocycles. The zero-order valence-electron chi connectivity index (χ0n) is 11.9. The Hall–Kier alpha value is -1.85. The summed E-state index contributed by atoms with van der Waals surface area (Å²) in [5, 5.41) is 4.22. The zero-order chi connectivity index (χ0) is 14.5. The first-order chi connectivity index (χ1) is 9.63. The van der Waals surface area contributed by atoms with Gasteiger partial charge in [-0.3, -0.25) is 0 Å². The maximum absolute atomic E-state index is 11.6. The fourth-order valence-corrected chi connectivity index (χ4v) is 2.08. The molecule has 0 radical (unpaired) electrons. The first-order valence-electron chi connectivity index (χ1n) is 6.47. The van der Waals surface area contributed by atoms with Gasteiger partial charge in [0.05, 0.1) is 13.7 Å². The Labute approximate surface area is 117 Å². The van der Waals surface area contributed by atoms with Crippen LogP contribution in [-0.4, -0.2) is 26.9 Å². The molecule has 0 aliphatic carbocycles. The highest BCUT2D eigenvalue weighted by Gasteiger charge is 2.08. The summed E-state index contributed by atoms with van der Waals surface area (Å²) >= 11 is 0. The van der Waals surface area contributed by atoms with Crippen LogP contribution in [0.25, 0.3) is 11.0 Å². The minimum absolute atomic E-state index is 0.209. The molecule has 0 amide bonds. The van der Waals surface area contributed by atoms with Crippen molar-refractivity contribution >= 4 is 11.0 Å². The highest BCUT2D eigenvalue weighted by molar-refractivity contribution is 5.81. The third-order valence-corrected chi connectivity index (χ3v) is 3.10. The van der Waals surface area contributed by atoms with Gasteiger partial charge in [0.15, 0.2) is 0 Å². The third-order valence-electron chi connectivity index (χ3n) is 3.10. The highest BCUT2D eigenvalue weighted by Crippen LogP contribution is 2.22. The van der Waals surface area contributed by atoms with Crippen LogP contribution in [0.15, 0.2) is 33.5 Å². The summed E-state index contributed by atoms with van der Waals surface area (Å²) in [6.07, 6.45) is 0. The molecular weight excluding hydrogens is 258 g/mol. The number of hydrogen-bond acceptors (Lipinski definition) is 5. The minimum atomic E-state index is -0.359. The molecule has 108 valence electrons. The van der Waals surface area contributed by atoms with Gasteiger partial charge < -0.3 is 19.2 Å². The van der Waals surface area contributed by atoms with Gasteiger partial charge in [-0.25, -0.2) is 4.79 Å². The van der Waals surface area contributed by atoms with E-state index in [4.69, 9.17) is 13.9 Å². The monoisotopic (exact) mass is 277 g/mol. The van der Waals surface area contributed by atoms with E-state index in [-0.39, 0.29) is 11.7 Å². The predicted molar refractivity (Wildman–Crippen MR) is 77.2 cm³/mol. The Morgan fingerprint density at radius 3 is 2.80 bits per heavy atom. The predicted octanol–water partition coefficient (Wildman–Crippen LogP) is 1.93. The molecule has 5 nitrogen and oxygen atoms in total. The molecule has 1 atom stereocenters. The molecule has 2 rings (SSSR count). The summed E-state index contributed by atoms with van der Waals surface area (Å²) in [6.45, 7) is 3.23. The quantitative estimate of drug-likeness (QED) is 0.817. The first kappa shape index (κ1) is 14.6. The fraction of sp³-hybridized carbons (Fsp3) is 0.400. The van der Waals surface area contributed by atoms with Crippen molar-refractivity contribution in [3.05, 3.63) is 40.2 Å². The molecule has 2 aromatic rings. The van der Waals surface area contributed by atoms with Gasteiger partial charge in [0, 0.05) is 37.2 Å². The van der Waals surface area contributed by atoms with Crippen molar-refractivity contribution in [1.29, 1.82) is 0 Å². The molecule has 0 aliphatic rings. The molecule has 5 heteroatoms. The molecule has 0 saturated heterocycles. The maximum Gasteiger partial charge on any atom is 0.336 e. The Bertz CT molecular complexity index is 635. The van der Waals surface area contributed by atoms with Crippen molar-refractivity contribution in [2.45, 2.75) is 19.5 Å². The number of nitrogens with one attached hydrogen (secondary N) is 1. The summed E-state index contributed by atoms with van der Waals surface area (Å²) < 4.78 is 15.4. The number of methoxy groups -OCH3 is 2. The first-order valence-corrected chi connectivity index (χ1v) is 6.47. The Kier molecular flexibility index (Phi) is 4.76. The molecular formula is C15H19NO4. The van der Waals surface area contributed by atoms with E-state index in [1.807, 2.05) is 19.1 Å². The van der Waals surface area contributed by atoms with Gasteiger partial charge in [0.2, 0.25) is 0 Å². The van der Waals surface area contributed by atoms with Crippen molar-refractivity contribution < 1.29 is 13.9 Å². The number of fused-ring (bicyclic) bond motifs is 1. The topological polar surface area (TPSA) is 60.7 Å². The lowest BCUT2D eigenvalue weighted by atomic mass is 10.1. The standard InChI is InChI=1S/C15H19NO4/c1-10(9-18-2)16-8-11-6-15(17)20-14-7-12(19-3)4-5-13(11)14/h4-7,10,16H,8-9H2,1-3H3/t10-/m0/s1. The number of rotatable bonds is 6. The van der Waals surface area contributed by atoms with Crippen molar-refractivity contribution in [2.24, 2.45) is 0 Å². The summed E-state index contributed by atoms with van der Waals surface area (Å²) in [6, 6.07) is 7.19. The Balaban J connectivity index is 2.30. The Morgan fingerprint density at radius 1 is 1.30 bits per heavy atom. The summed E-state index contributed by atoms with van der Waals surface area (Å²) in [5.41, 5.74) is 1.08. The van der Waals surface area contributed by atoms with Crippen LogP contribution < -0.4 is 15.7 Å². The molecule has 20 heavy (non-hydrogen) atoms. The number of ether oxygens (including phenoxy) is 2. The minimum Gasteiger partial charge on any atom is -0.497 e. The number of benzene rings is 1. The molecule has 1 N–H and O–H groups in total. The average molecular weight is 277 g/mol. The van der Waals surface area contributed by atoms with Gasteiger partial charge >= 0.3 is 5.63 Å². The van der Waals surface area contributed by atoms with E-state index in [9.17, 15) is 4.79 Å². The van der Waals surface area contributed by atoms with Crippen LogP contribution in [0, 0.1) is 0 Å². The lowest BCUT2D eigenvalue weighted by Crippen LogP contribution is -2.29. The van der Waals surface area contributed by atoms with Crippen LogP contribution in [0.1, 0.15) is 12.5 Å². The second-order valence-corrected chi connectivity index (χ2v) is 4.69. The third kappa shape index (κ3) is 3.37. The van der Waals surface area contributed by atoms with Gasteiger partial charge in [0.1, 0.15) is 11.3 Å². The van der Waals surface area contributed by atoms with Crippen molar-refractivity contribution in [3.63, 3.8) is 0 Å². The lowest BCUT2D eigenvalue weighted by molar-refractivity contribution is 0.171. The normalized spacial score (nSPS) is 12.6. The van der Waals surface area contributed by atoms with E-state index in [1.54, 1.807) is 20.3 Å². The number of hydrogen-bond donors (Lipinski definition) is 1. The van der Waals surface area contributed by atoms with Gasteiger partial charge in [-0.1, -0.05) is 0 Å². The fourth-order valence-electron chi connectivity index (χ4n) is 2.08. The summed E-state index contributed by atoms with van der Waals surface area (Å²) in [7, 11) is 3.24. The molecule has 0 aliphatic heterocycles. The van der Waals surface area contributed by atoms with E-state index in [1.165, 1.54) is 6.07 Å². The van der Waals surface area contributed by atoms with Crippen molar-refractivity contribution in [2.75, 3.05) is 20.8 Å². The Morgan fingerprint density at radius 2 is 2.10 bits per heavy atom. The van der Waals surface area contributed by atoms with Crippen LogP contribution in [0.3, 0.4) is 0 Å². The van der Waals surface area contributed by atoms with Gasteiger partial charge in [-0.2, -0.15) is 0 Å². The molecule has 1 heterocycles. The van der Waals surface area contributed by atoms with Gasteiger partial charge in [-0.15, -0.1) is 0 Å². The average Bonchev–Trinajstić information content (AvgIpc) is 2.44. The van der Waals surface area contributed by atoms with E-state index in [0.717, 1.165) is 10.9 Å². The van der Waals surface area contributed by atoms with E-state index < -0.39 is 0 Å². The van der Waals surface area contributed by atoms with Crippen LogP contribution in [0.5, 0.6) is 5.75 Å². The largest absolute Gasteiger partial charge is 0.497 e. The molecule has 0 fully saturated rings. The van der Waals surface area contributed by atoms with E-state index >= 15 is 0 Å². The van der Waals surface area contributed by atoms with E-state index in [0.29, 0.717) is 24.5 Å². The van der Waals surface area contributed by atoms with Gasteiger partial charge in [-0.05, 0) is 24.6 Å². The van der Waals surface area contributed by atoms with Gasteiger partial charge in [0.25, 0.3) is 0 Å². The van der Waals surface area contributed by atoms with Crippen LogP contribution in [0.2, 0.25) is 0 Å². The summed E-state index contributed by atoms with van der Waals surface area (Å²) in [5.74, 6) is 0.665. The smallest absolute Gasteiger partial charge is 0.336 e. The van der Waals surface area contributed by atoms with Crippen LogP contribution in [0.4, 0.5) is 0 Å². The highest BCUT2D eigenvalue weighted by atomic mass is 16.5. The molecule has 0 spiro atoms. The molecule has 0 unspecified atom stereocenters.